The first-order chi connectivity index (χ1) is 9.61. The monoisotopic (exact) mass is 337 g/mol. The van der Waals surface area contributed by atoms with Crippen molar-refractivity contribution in [3.05, 3.63) is 63.4 Å². The molecule has 0 saturated heterocycles. The van der Waals surface area contributed by atoms with Gasteiger partial charge in [0.2, 0.25) is 0 Å². The maximum atomic E-state index is 13.6. The summed E-state index contributed by atoms with van der Waals surface area (Å²) in [6.07, 6.45) is 0.729. The smallest absolute Gasteiger partial charge is 0.129 e. The molecule has 106 valence electrons. The van der Waals surface area contributed by atoms with Crippen molar-refractivity contribution < 1.29 is 9.13 Å². The minimum atomic E-state index is -0.248. The third kappa shape index (κ3) is 3.58. The predicted molar refractivity (Wildman–Crippen MR) is 82.4 cm³/mol. The van der Waals surface area contributed by atoms with Crippen LogP contribution in [0.25, 0.3) is 0 Å². The second-order valence-electron chi connectivity index (χ2n) is 4.63. The Bertz CT molecular complexity index is 601. The molecule has 0 amide bonds. The molecule has 0 bridgehead atoms. The van der Waals surface area contributed by atoms with E-state index < -0.39 is 0 Å². The van der Waals surface area contributed by atoms with Gasteiger partial charge < -0.3 is 10.5 Å². The molecule has 0 atom stereocenters. The lowest BCUT2D eigenvalue weighted by Crippen LogP contribution is -2.07. The third-order valence-corrected chi connectivity index (χ3v) is 3.52. The zero-order valence-electron chi connectivity index (χ0n) is 11.3. The molecule has 4 heteroatoms. The van der Waals surface area contributed by atoms with E-state index in [0.29, 0.717) is 12.1 Å². The number of aryl methyl sites for hydroxylation is 1. The molecule has 0 saturated carbocycles. The summed E-state index contributed by atoms with van der Waals surface area (Å²) in [4.78, 5) is 0. The van der Waals surface area contributed by atoms with Crippen molar-refractivity contribution in [2.45, 2.75) is 20.0 Å². The van der Waals surface area contributed by atoms with Crippen LogP contribution >= 0.6 is 15.9 Å². The van der Waals surface area contributed by atoms with Gasteiger partial charge in [-0.15, -0.1) is 0 Å². The van der Waals surface area contributed by atoms with Crippen molar-refractivity contribution in [3.8, 4) is 5.75 Å². The maximum absolute atomic E-state index is 13.6. The standard InChI is InChI=1S/C16H17BrFNO/c1-11-8-14(17)9-12(6-7-19)16(11)20-10-13-4-2-3-5-15(13)18/h2-5,8-9H,6-7,10,19H2,1H3. The van der Waals surface area contributed by atoms with Gasteiger partial charge >= 0.3 is 0 Å². The Labute approximate surface area is 126 Å². The van der Waals surface area contributed by atoms with Gasteiger partial charge in [-0.05, 0) is 49.2 Å². The Morgan fingerprint density at radius 2 is 1.95 bits per heavy atom. The van der Waals surface area contributed by atoms with Gasteiger partial charge in [-0.3, -0.25) is 0 Å². The molecule has 0 radical (unpaired) electrons. The first kappa shape index (κ1) is 15.0. The fraction of sp³-hybridized carbons (Fsp3) is 0.250. The second-order valence-corrected chi connectivity index (χ2v) is 5.55. The topological polar surface area (TPSA) is 35.2 Å². The molecule has 20 heavy (non-hydrogen) atoms. The van der Waals surface area contributed by atoms with E-state index in [1.807, 2.05) is 19.1 Å². The van der Waals surface area contributed by atoms with Crippen LogP contribution in [0.2, 0.25) is 0 Å². The number of nitrogens with two attached hydrogens (primary N) is 1. The summed E-state index contributed by atoms with van der Waals surface area (Å²) in [5, 5.41) is 0. The number of rotatable bonds is 5. The van der Waals surface area contributed by atoms with E-state index >= 15 is 0 Å². The molecule has 2 aromatic carbocycles. The van der Waals surface area contributed by atoms with Gasteiger partial charge in [-0.2, -0.15) is 0 Å². The predicted octanol–water partition coefficient (Wildman–Crippen LogP) is 3.98. The molecule has 0 aliphatic carbocycles. The van der Waals surface area contributed by atoms with E-state index in [4.69, 9.17) is 10.5 Å². The zero-order valence-corrected chi connectivity index (χ0v) is 12.9. The molecule has 2 aromatic rings. The number of hydrogen-bond acceptors (Lipinski definition) is 2. The van der Waals surface area contributed by atoms with Crippen LogP contribution in [0.4, 0.5) is 4.39 Å². The molecule has 0 aliphatic heterocycles. The van der Waals surface area contributed by atoms with E-state index in [9.17, 15) is 4.39 Å². The van der Waals surface area contributed by atoms with Gasteiger partial charge in [0.1, 0.15) is 18.2 Å². The molecular formula is C16H17BrFNO. The molecule has 0 aliphatic rings. The van der Waals surface area contributed by atoms with Crippen molar-refractivity contribution in [2.75, 3.05) is 6.54 Å². The second kappa shape index (κ2) is 6.86. The Hall–Kier alpha value is -1.39. The van der Waals surface area contributed by atoms with Gasteiger partial charge in [0.15, 0.2) is 0 Å². The lowest BCUT2D eigenvalue weighted by atomic mass is 10.1. The van der Waals surface area contributed by atoms with Gasteiger partial charge in [-0.1, -0.05) is 34.1 Å². The van der Waals surface area contributed by atoms with Crippen LogP contribution < -0.4 is 10.5 Å². The molecular weight excluding hydrogens is 321 g/mol. The highest BCUT2D eigenvalue weighted by molar-refractivity contribution is 9.10. The minimum Gasteiger partial charge on any atom is -0.488 e. The zero-order chi connectivity index (χ0) is 14.5. The van der Waals surface area contributed by atoms with Gasteiger partial charge in [0.05, 0.1) is 0 Å². The first-order valence-electron chi connectivity index (χ1n) is 6.47. The van der Waals surface area contributed by atoms with Crippen molar-refractivity contribution in [3.63, 3.8) is 0 Å². The van der Waals surface area contributed by atoms with E-state index in [0.717, 1.165) is 27.8 Å². The van der Waals surface area contributed by atoms with Crippen molar-refractivity contribution in [1.82, 2.24) is 0 Å². The Morgan fingerprint density at radius 3 is 2.65 bits per heavy atom. The van der Waals surface area contributed by atoms with E-state index in [-0.39, 0.29) is 12.4 Å². The Morgan fingerprint density at radius 1 is 1.20 bits per heavy atom. The molecule has 0 fully saturated rings. The summed E-state index contributed by atoms with van der Waals surface area (Å²) < 4.78 is 20.4. The van der Waals surface area contributed by atoms with Crippen LogP contribution in [0.15, 0.2) is 40.9 Å². The third-order valence-electron chi connectivity index (χ3n) is 3.06. The minimum absolute atomic E-state index is 0.215. The highest BCUT2D eigenvalue weighted by Crippen LogP contribution is 2.29. The molecule has 2 rings (SSSR count). The summed E-state index contributed by atoms with van der Waals surface area (Å²) in [6, 6.07) is 10.6. The molecule has 0 unspecified atom stereocenters. The fourth-order valence-corrected chi connectivity index (χ4v) is 2.73. The lowest BCUT2D eigenvalue weighted by molar-refractivity contribution is 0.294. The number of halogens is 2. The van der Waals surface area contributed by atoms with Crippen LogP contribution in [-0.4, -0.2) is 6.54 Å². The van der Waals surface area contributed by atoms with Gasteiger partial charge in [0.25, 0.3) is 0 Å². The molecule has 0 spiro atoms. The van der Waals surface area contributed by atoms with Gasteiger partial charge in [0, 0.05) is 10.0 Å². The van der Waals surface area contributed by atoms with E-state index in [1.54, 1.807) is 18.2 Å². The first-order valence-corrected chi connectivity index (χ1v) is 7.26. The Kier molecular flexibility index (Phi) is 5.15. The van der Waals surface area contributed by atoms with Crippen LogP contribution in [0.5, 0.6) is 5.75 Å². The van der Waals surface area contributed by atoms with Crippen LogP contribution in [-0.2, 0) is 13.0 Å². The average Bonchev–Trinajstić information content (AvgIpc) is 2.40. The lowest BCUT2D eigenvalue weighted by Gasteiger charge is -2.15. The summed E-state index contributed by atoms with van der Waals surface area (Å²) in [5.74, 6) is 0.546. The van der Waals surface area contributed by atoms with Crippen molar-refractivity contribution >= 4 is 15.9 Å². The molecule has 2 N–H and O–H groups in total. The van der Waals surface area contributed by atoms with E-state index in [2.05, 4.69) is 15.9 Å². The van der Waals surface area contributed by atoms with Crippen LogP contribution in [0.3, 0.4) is 0 Å². The average molecular weight is 338 g/mol. The number of hydrogen-bond donors (Lipinski definition) is 1. The molecule has 0 aromatic heterocycles. The summed E-state index contributed by atoms with van der Waals surface area (Å²) in [7, 11) is 0. The number of ether oxygens (including phenoxy) is 1. The molecule has 2 nitrogen and oxygen atoms in total. The van der Waals surface area contributed by atoms with Crippen LogP contribution in [0, 0.1) is 12.7 Å². The van der Waals surface area contributed by atoms with Gasteiger partial charge in [-0.25, -0.2) is 4.39 Å². The van der Waals surface area contributed by atoms with Crippen molar-refractivity contribution in [1.29, 1.82) is 0 Å². The van der Waals surface area contributed by atoms with E-state index in [1.165, 1.54) is 6.07 Å². The highest BCUT2D eigenvalue weighted by Gasteiger charge is 2.10. The Balaban J connectivity index is 2.22. The maximum Gasteiger partial charge on any atom is 0.129 e. The molecule has 0 heterocycles. The summed E-state index contributed by atoms with van der Waals surface area (Å²) in [5.41, 5.74) is 8.23. The quantitative estimate of drug-likeness (QED) is 0.895. The summed E-state index contributed by atoms with van der Waals surface area (Å²) >= 11 is 3.47. The summed E-state index contributed by atoms with van der Waals surface area (Å²) in [6.45, 7) is 2.74. The van der Waals surface area contributed by atoms with Crippen LogP contribution in [0.1, 0.15) is 16.7 Å². The SMILES string of the molecule is Cc1cc(Br)cc(CCN)c1OCc1ccccc1F. The largest absolute Gasteiger partial charge is 0.488 e. The highest BCUT2D eigenvalue weighted by atomic mass is 79.9. The van der Waals surface area contributed by atoms with Crippen molar-refractivity contribution in [2.24, 2.45) is 5.73 Å². The fourth-order valence-electron chi connectivity index (χ4n) is 2.11. The number of benzene rings is 2. The normalized spacial score (nSPS) is 10.6.